The molecule has 1 N–H and O–H groups in total. The second kappa shape index (κ2) is 7.72. The number of thiophene rings is 1. The van der Waals surface area contributed by atoms with Crippen LogP contribution < -0.4 is 5.32 Å². The van der Waals surface area contributed by atoms with E-state index in [-0.39, 0.29) is 0 Å². The van der Waals surface area contributed by atoms with Gasteiger partial charge in [-0.2, -0.15) is 0 Å². The van der Waals surface area contributed by atoms with Gasteiger partial charge in [0.1, 0.15) is 10.7 Å². The van der Waals surface area contributed by atoms with E-state index in [4.69, 9.17) is 4.74 Å². The molecule has 1 unspecified atom stereocenters. The largest absolute Gasteiger partial charge is 0.443 e. The Morgan fingerprint density at radius 2 is 1.68 bits per heavy atom. The molecule has 1 atom stereocenters. The first-order valence-electron chi connectivity index (χ1n) is 7.49. The Labute approximate surface area is 147 Å². The quantitative estimate of drug-likeness (QED) is 0.689. The van der Waals surface area contributed by atoms with Gasteiger partial charge >= 0.3 is 5.97 Å². The molecule has 0 bridgehead atoms. The number of carbonyl (C=O) groups is 2. The Kier molecular flexibility index (Phi) is 5.20. The van der Waals surface area contributed by atoms with Gasteiger partial charge in [-0.25, -0.2) is 9.18 Å². The third-order valence-electron chi connectivity index (χ3n) is 3.40. The van der Waals surface area contributed by atoms with Crippen molar-refractivity contribution < 1.29 is 18.7 Å². The summed E-state index contributed by atoms with van der Waals surface area (Å²) in [6.07, 6.45) is -1.11. The van der Waals surface area contributed by atoms with Gasteiger partial charge in [0.05, 0.1) is 0 Å². The first-order valence-corrected chi connectivity index (χ1v) is 8.37. The van der Waals surface area contributed by atoms with Gasteiger partial charge in [-0.1, -0.05) is 36.4 Å². The summed E-state index contributed by atoms with van der Waals surface area (Å²) in [6, 6.07) is 17.5. The lowest BCUT2D eigenvalue weighted by atomic mass is 10.1. The van der Waals surface area contributed by atoms with Crippen LogP contribution in [0.1, 0.15) is 21.3 Å². The zero-order valence-electron chi connectivity index (χ0n) is 13.0. The van der Waals surface area contributed by atoms with Crippen LogP contribution in [0.5, 0.6) is 0 Å². The van der Waals surface area contributed by atoms with Crippen LogP contribution in [0.3, 0.4) is 0 Å². The highest BCUT2D eigenvalue weighted by Crippen LogP contribution is 2.23. The van der Waals surface area contributed by atoms with Gasteiger partial charge in [-0.05, 0) is 35.7 Å². The molecule has 0 aliphatic rings. The zero-order chi connectivity index (χ0) is 17.6. The van der Waals surface area contributed by atoms with Crippen molar-refractivity contribution in [3.05, 3.63) is 88.4 Å². The zero-order valence-corrected chi connectivity index (χ0v) is 13.8. The SMILES string of the molecule is O=C(OC(C(=O)Nc1ccc(F)cc1)c1ccccc1)c1cccs1. The topological polar surface area (TPSA) is 55.4 Å². The molecular weight excluding hydrogens is 341 g/mol. The third-order valence-corrected chi connectivity index (χ3v) is 4.25. The number of hydrogen-bond acceptors (Lipinski definition) is 4. The normalized spacial score (nSPS) is 11.6. The number of anilines is 1. The molecule has 0 spiro atoms. The third kappa shape index (κ3) is 4.30. The first kappa shape index (κ1) is 16.9. The molecule has 3 aromatic rings. The number of ether oxygens (including phenoxy) is 1. The Morgan fingerprint density at radius 3 is 2.32 bits per heavy atom. The number of halogens is 1. The molecule has 126 valence electrons. The molecule has 1 heterocycles. The summed E-state index contributed by atoms with van der Waals surface area (Å²) >= 11 is 1.24. The smallest absolute Gasteiger partial charge is 0.349 e. The number of rotatable bonds is 5. The van der Waals surface area contributed by atoms with Crippen molar-refractivity contribution in [3.63, 3.8) is 0 Å². The highest BCUT2D eigenvalue weighted by atomic mass is 32.1. The van der Waals surface area contributed by atoms with E-state index in [0.717, 1.165) is 0 Å². The minimum absolute atomic E-state index is 0.401. The van der Waals surface area contributed by atoms with Crippen molar-refractivity contribution in [2.75, 3.05) is 5.32 Å². The van der Waals surface area contributed by atoms with Gasteiger partial charge in [0.15, 0.2) is 0 Å². The molecule has 0 saturated carbocycles. The molecule has 0 saturated heterocycles. The molecule has 4 nitrogen and oxygen atoms in total. The second-order valence-electron chi connectivity index (χ2n) is 5.17. The molecule has 0 aliphatic carbocycles. The van der Waals surface area contributed by atoms with Crippen LogP contribution in [-0.4, -0.2) is 11.9 Å². The van der Waals surface area contributed by atoms with Crippen molar-refractivity contribution in [1.82, 2.24) is 0 Å². The van der Waals surface area contributed by atoms with Gasteiger partial charge in [-0.3, -0.25) is 4.79 Å². The summed E-state index contributed by atoms with van der Waals surface area (Å²) in [5, 5.41) is 4.40. The van der Waals surface area contributed by atoms with Crippen LogP contribution in [0, 0.1) is 5.82 Å². The molecule has 6 heteroatoms. The summed E-state index contributed by atoms with van der Waals surface area (Å²) in [7, 11) is 0. The summed E-state index contributed by atoms with van der Waals surface area (Å²) in [4.78, 5) is 25.3. The van der Waals surface area contributed by atoms with Crippen LogP contribution in [0.2, 0.25) is 0 Å². The first-order chi connectivity index (χ1) is 12.1. The number of hydrogen-bond donors (Lipinski definition) is 1. The fraction of sp³-hybridized carbons (Fsp3) is 0.0526. The van der Waals surface area contributed by atoms with E-state index < -0.39 is 23.8 Å². The monoisotopic (exact) mass is 355 g/mol. The van der Waals surface area contributed by atoms with Crippen LogP contribution in [0.4, 0.5) is 10.1 Å². The summed E-state index contributed by atoms with van der Waals surface area (Å²) in [5.41, 5.74) is 0.964. The van der Waals surface area contributed by atoms with Crippen LogP contribution in [-0.2, 0) is 9.53 Å². The summed E-state index contributed by atoms with van der Waals surface area (Å²) in [6.45, 7) is 0. The molecule has 1 amide bonds. The van der Waals surface area contributed by atoms with Crippen molar-refractivity contribution >= 4 is 28.9 Å². The Bertz CT molecular complexity index is 848. The van der Waals surface area contributed by atoms with Crippen molar-refractivity contribution in [2.45, 2.75) is 6.10 Å². The maximum absolute atomic E-state index is 13.0. The van der Waals surface area contributed by atoms with Gasteiger partial charge in [0, 0.05) is 11.3 Å². The maximum Gasteiger partial charge on any atom is 0.349 e. The van der Waals surface area contributed by atoms with Gasteiger partial charge in [0.2, 0.25) is 6.10 Å². The van der Waals surface area contributed by atoms with Crippen LogP contribution in [0.25, 0.3) is 0 Å². The van der Waals surface area contributed by atoms with Gasteiger partial charge in [-0.15, -0.1) is 11.3 Å². The molecule has 25 heavy (non-hydrogen) atoms. The fourth-order valence-electron chi connectivity index (χ4n) is 2.20. The molecule has 2 aromatic carbocycles. The summed E-state index contributed by atoms with van der Waals surface area (Å²) < 4.78 is 18.4. The molecule has 0 fully saturated rings. The Morgan fingerprint density at radius 1 is 0.960 bits per heavy atom. The Balaban J connectivity index is 1.81. The van der Waals surface area contributed by atoms with Crippen molar-refractivity contribution in [3.8, 4) is 0 Å². The number of esters is 1. The van der Waals surface area contributed by atoms with E-state index in [2.05, 4.69) is 5.32 Å². The minimum Gasteiger partial charge on any atom is -0.443 e. The van der Waals surface area contributed by atoms with E-state index in [1.807, 2.05) is 0 Å². The standard InChI is InChI=1S/C19H14FNO3S/c20-14-8-10-15(11-9-14)21-18(22)17(13-5-2-1-3-6-13)24-19(23)16-7-4-12-25-16/h1-12,17H,(H,21,22). The number of nitrogens with one attached hydrogen (secondary N) is 1. The lowest BCUT2D eigenvalue weighted by Gasteiger charge is -2.17. The predicted molar refractivity (Wildman–Crippen MR) is 93.9 cm³/mol. The molecule has 0 radical (unpaired) electrons. The van der Waals surface area contributed by atoms with Crippen LogP contribution >= 0.6 is 11.3 Å². The van der Waals surface area contributed by atoms with Crippen molar-refractivity contribution in [1.29, 1.82) is 0 Å². The van der Waals surface area contributed by atoms with E-state index in [0.29, 0.717) is 16.1 Å². The Hall–Kier alpha value is -2.99. The lowest BCUT2D eigenvalue weighted by molar-refractivity contribution is -0.125. The second-order valence-corrected chi connectivity index (χ2v) is 6.12. The van der Waals surface area contributed by atoms with Gasteiger partial charge in [0.25, 0.3) is 5.91 Å². The highest BCUT2D eigenvalue weighted by molar-refractivity contribution is 7.11. The molecule has 3 rings (SSSR count). The highest BCUT2D eigenvalue weighted by Gasteiger charge is 2.26. The van der Waals surface area contributed by atoms with Crippen LogP contribution in [0.15, 0.2) is 72.1 Å². The maximum atomic E-state index is 13.0. The van der Waals surface area contributed by atoms with E-state index in [9.17, 15) is 14.0 Å². The summed E-state index contributed by atoms with van der Waals surface area (Å²) in [5.74, 6) is -1.48. The van der Waals surface area contributed by atoms with Gasteiger partial charge < -0.3 is 10.1 Å². The molecule has 1 aromatic heterocycles. The van der Waals surface area contributed by atoms with E-state index in [1.54, 1.807) is 47.8 Å². The predicted octanol–water partition coefficient (Wildman–Crippen LogP) is 4.42. The average molecular weight is 355 g/mol. The van der Waals surface area contributed by atoms with E-state index in [1.165, 1.54) is 35.6 Å². The lowest BCUT2D eigenvalue weighted by Crippen LogP contribution is -2.25. The number of carbonyl (C=O) groups excluding carboxylic acids is 2. The number of benzene rings is 2. The number of amides is 1. The fourth-order valence-corrected chi connectivity index (χ4v) is 2.81. The molecular formula is C19H14FNO3S. The average Bonchev–Trinajstić information content (AvgIpc) is 3.17. The molecule has 0 aliphatic heterocycles. The van der Waals surface area contributed by atoms with Crippen molar-refractivity contribution in [2.24, 2.45) is 0 Å². The van der Waals surface area contributed by atoms with E-state index >= 15 is 0 Å². The minimum atomic E-state index is -1.11.